The van der Waals surface area contributed by atoms with Crippen LogP contribution in [-0.2, 0) is 9.53 Å². The standard InChI is InChI=1S/C18H25ClN2O2/c1-13(2)17(22)20-8-9-23-18(10-20)11-21(12-18)14(3)15-4-6-16(19)7-5-15/h4-7,13-14H,8-12H2,1-3H3. The van der Waals surface area contributed by atoms with Crippen LogP contribution in [0, 0.1) is 5.92 Å². The third-order valence-electron chi connectivity index (χ3n) is 4.94. The number of rotatable bonds is 3. The van der Waals surface area contributed by atoms with E-state index in [9.17, 15) is 4.79 Å². The lowest BCUT2D eigenvalue weighted by atomic mass is 9.88. The maximum Gasteiger partial charge on any atom is 0.225 e. The minimum absolute atomic E-state index is 0.0503. The van der Waals surface area contributed by atoms with Crippen molar-refractivity contribution in [1.29, 1.82) is 0 Å². The van der Waals surface area contributed by atoms with Gasteiger partial charge in [-0.2, -0.15) is 0 Å². The molecule has 23 heavy (non-hydrogen) atoms. The van der Waals surface area contributed by atoms with E-state index in [0.29, 0.717) is 25.7 Å². The summed E-state index contributed by atoms with van der Waals surface area (Å²) < 4.78 is 6.04. The Morgan fingerprint density at radius 2 is 1.83 bits per heavy atom. The highest BCUT2D eigenvalue weighted by Crippen LogP contribution is 2.36. The van der Waals surface area contributed by atoms with Crippen LogP contribution >= 0.6 is 11.6 Å². The number of morpholine rings is 1. The van der Waals surface area contributed by atoms with Crippen LogP contribution in [0.2, 0.25) is 5.02 Å². The maximum absolute atomic E-state index is 12.2. The van der Waals surface area contributed by atoms with Crippen molar-refractivity contribution in [1.82, 2.24) is 9.80 Å². The number of halogens is 1. The van der Waals surface area contributed by atoms with Gasteiger partial charge in [0.25, 0.3) is 0 Å². The van der Waals surface area contributed by atoms with E-state index in [1.165, 1.54) is 5.56 Å². The molecule has 5 heteroatoms. The number of hydrogen-bond donors (Lipinski definition) is 0. The molecule has 0 radical (unpaired) electrons. The highest BCUT2D eigenvalue weighted by molar-refractivity contribution is 6.30. The van der Waals surface area contributed by atoms with Gasteiger partial charge in [0, 0.05) is 36.6 Å². The van der Waals surface area contributed by atoms with Crippen LogP contribution in [0.4, 0.5) is 0 Å². The molecule has 0 N–H and O–H groups in total. The average Bonchev–Trinajstić information content (AvgIpc) is 2.52. The van der Waals surface area contributed by atoms with Gasteiger partial charge < -0.3 is 9.64 Å². The van der Waals surface area contributed by atoms with E-state index in [1.807, 2.05) is 30.9 Å². The van der Waals surface area contributed by atoms with Crippen molar-refractivity contribution >= 4 is 17.5 Å². The molecular weight excluding hydrogens is 312 g/mol. The van der Waals surface area contributed by atoms with Gasteiger partial charge in [0.2, 0.25) is 5.91 Å². The van der Waals surface area contributed by atoms with Crippen LogP contribution in [-0.4, -0.2) is 54.1 Å². The van der Waals surface area contributed by atoms with E-state index >= 15 is 0 Å². The van der Waals surface area contributed by atoms with Crippen LogP contribution < -0.4 is 0 Å². The predicted octanol–water partition coefficient (Wildman–Crippen LogP) is 2.97. The van der Waals surface area contributed by atoms with Gasteiger partial charge in [-0.15, -0.1) is 0 Å². The molecule has 2 aliphatic rings. The fraction of sp³-hybridized carbons (Fsp3) is 0.611. The molecule has 126 valence electrons. The second-order valence-corrected chi connectivity index (χ2v) is 7.51. The Labute approximate surface area is 143 Å². The molecule has 2 aliphatic heterocycles. The van der Waals surface area contributed by atoms with E-state index in [4.69, 9.17) is 16.3 Å². The van der Waals surface area contributed by atoms with Crippen molar-refractivity contribution in [2.24, 2.45) is 5.92 Å². The Morgan fingerprint density at radius 1 is 1.17 bits per heavy atom. The lowest BCUT2D eigenvalue weighted by Gasteiger charge is -2.55. The molecule has 0 aliphatic carbocycles. The Bertz CT molecular complexity index is 567. The van der Waals surface area contributed by atoms with Gasteiger partial charge in [0.05, 0.1) is 13.2 Å². The molecule has 2 saturated heterocycles. The molecule has 0 aromatic heterocycles. The lowest BCUT2D eigenvalue weighted by molar-refractivity contribution is -0.197. The van der Waals surface area contributed by atoms with Crippen molar-refractivity contribution in [3.8, 4) is 0 Å². The number of ether oxygens (including phenoxy) is 1. The summed E-state index contributed by atoms with van der Waals surface area (Å²) in [5, 5.41) is 0.763. The van der Waals surface area contributed by atoms with Crippen molar-refractivity contribution in [2.75, 3.05) is 32.8 Å². The first-order valence-electron chi connectivity index (χ1n) is 8.32. The molecule has 1 atom stereocenters. The van der Waals surface area contributed by atoms with Crippen LogP contribution in [0.1, 0.15) is 32.4 Å². The first kappa shape index (κ1) is 16.7. The first-order chi connectivity index (χ1) is 10.9. The number of amides is 1. The zero-order valence-corrected chi connectivity index (χ0v) is 14.8. The molecule has 0 bridgehead atoms. The van der Waals surface area contributed by atoms with Gasteiger partial charge in [-0.05, 0) is 24.6 Å². The summed E-state index contributed by atoms with van der Waals surface area (Å²) >= 11 is 5.96. The second-order valence-electron chi connectivity index (χ2n) is 7.08. The monoisotopic (exact) mass is 336 g/mol. The van der Waals surface area contributed by atoms with E-state index in [1.54, 1.807) is 0 Å². The van der Waals surface area contributed by atoms with Gasteiger partial charge in [0.1, 0.15) is 5.60 Å². The van der Waals surface area contributed by atoms with Crippen LogP contribution in [0.3, 0.4) is 0 Å². The summed E-state index contributed by atoms with van der Waals surface area (Å²) in [6.45, 7) is 9.94. The lowest BCUT2D eigenvalue weighted by Crippen LogP contribution is -2.70. The first-order valence-corrected chi connectivity index (χ1v) is 8.70. The number of hydrogen-bond acceptors (Lipinski definition) is 3. The molecule has 1 aromatic carbocycles. The van der Waals surface area contributed by atoms with E-state index < -0.39 is 0 Å². The van der Waals surface area contributed by atoms with Crippen molar-refractivity contribution in [3.05, 3.63) is 34.9 Å². The Hall–Kier alpha value is -1.10. The van der Waals surface area contributed by atoms with Gasteiger partial charge in [-0.25, -0.2) is 0 Å². The topological polar surface area (TPSA) is 32.8 Å². The van der Waals surface area contributed by atoms with Crippen molar-refractivity contribution in [2.45, 2.75) is 32.4 Å². The molecule has 2 fully saturated rings. The zero-order chi connectivity index (χ0) is 16.6. The fourth-order valence-electron chi connectivity index (χ4n) is 3.51. The molecule has 1 spiro atoms. The van der Waals surface area contributed by atoms with Crippen molar-refractivity contribution in [3.63, 3.8) is 0 Å². The van der Waals surface area contributed by atoms with Gasteiger partial charge >= 0.3 is 0 Å². The van der Waals surface area contributed by atoms with Gasteiger partial charge in [-0.3, -0.25) is 9.69 Å². The minimum atomic E-state index is -0.177. The SMILES string of the molecule is CC(C)C(=O)N1CCOC2(C1)CN(C(C)c1ccc(Cl)cc1)C2. The summed E-state index contributed by atoms with van der Waals surface area (Å²) in [6.07, 6.45) is 0. The Balaban J connectivity index is 1.60. The largest absolute Gasteiger partial charge is 0.369 e. The summed E-state index contributed by atoms with van der Waals surface area (Å²) in [7, 11) is 0. The minimum Gasteiger partial charge on any atom is -0.369 e. The summed E-state index contributed by atoms with van der Waals surface area (Å²) in [4.78, 5) is 16.6. The van der Waals surface area contributed by atoms with E-state index in [-0.39, 0.29) is 17.4 Å². The zero-order valence-electron chi connectivity index (χ0n) is 14.1. The molecular formula is C18H25ClN2O2. The summed E-state index contributed by atoms with van der Waals surface area (Å²) in [6, 6.07) is 8.35. The summed E-state index contributed by atoms with van der Waals surface area (Å²) in [5.41, 5.74) is 1.08. The molecule has 4 nitrogen and oxygen atoms in total. The van der Waals surface area contributed by atoms with Crippen LogP contribution in [0.5, 0.6) is 0 Å². The van der Waals surface area contributed by atoms with Crippen LogP contribution in [0.15, 0.2) is 24.3 Å². The van der Waals surface area contributed by atoms with E-state index in [2.05, 4.69) is 24.0 Å². The molecule has 1 aromatic rings. The number of carbonyl (C=O) groups excluding carboxylic acids is 1. The van der Waals surface area contributed by atoms with Gasteiger partial charge in [-0.1, -0.05) is 37.6 Å². The number of nitrogens with zero attached hydrogens (tertiary/aromatic N) is 2. The number of likely N-dealkylation sites (tertiary alicyclic amines) is 1. The highest BCUT2D eigenvalue weighted by Gasteiger charge is 2.49. The van der Waals surface area contributed by atoms with E-state index in [0.717, 1.165) is 18.1 Å². The average molecular weight is 337 g/mol. The molecule has 2 heterocycles. The molecule has 0 saturated carbocycles. The Morgan fingerprint density at radius 3 is 2.43 bits per heavy atom. The number of benzene rings is 1. The maximum atomic E-state index is 12.2. The smallest absolute Gasteiger partial charge is 0.225 e. The van der Waals surface area contributed by atoms with Crippen LogP contribution in [0.25, 0.3) is 0 Å². The third kappa shape index (κ3) is 3.39. The fourth-order valence-corrected chi connectivity index (χ4v) is 3.64. The molecule has 3 rings (SSSR count). The second kappa shape index (κ2) is 6.42. The normalized spacial score (nSPS) is 22.2. The number of carbonyl (C=O) groups is 1. The van der Waals surface area contributed by atoms with Gasteiger partial charge in [0.15, 0.2) is 0 Å². The quantitative estimate of drug-likeness (QED) is 0.850. The molecule has 1 unspecified atom stereocenters. The summed E-state index contributed by atoms with van der Waals surface area (Å²) in [5.74, 6) is 0.284. The highest BCUT2D eigenvalue weighted by atomic mass is 35.5. The van der Waals surface area contributed by atoms with Crippen molar-refractivity contribution < 1.29 is 9.53 Å². The Kier molecular flexibility index (Phi) is 4.68. The predicted molar refractivity (Wildman–Crippen MR) is 91.5 cm³/mol. The molecule has 1 amide bonds. The third-order valence-corrected chi connectivity index (χ3v) is 5.19.